The van der Waals surface area contributed by atoms with Gasteiger partial charge in [0, 0.05) is 6.54 Å². The molecule has 1 atom stereocenters. The molecular weight excluding hydrogens is 262 g/mol. The fourth-order valence-corrected chi connectivity index (χ4v) is 3.05. The lowest BCUT2D eigenvalue weighted by atomic mass is 9.77. The number of piperidine rings is 1. The minimum atomic E-state index is -0.381. The summed E-state index contributed by atoms with van der Waals surface area (Å²) >= 11 is 0. The van der Waals surface area contributed by atoms with Crippen LogP contribution in [0.15, 0.2) is 36.4 Å². The Morgan fingerprint density at radius 1 is 1.38 bits per heavy atom. The monoisotopic (exact) mass is 287 g/mol. The van der Waals surface area contributed by atoms with Gasteiger partial charge >= 0.3 is 5.97 Å². The van der Waals surface area contributed by atoms with Crippen LogP contribution in [0.1, 0.15) is 31.7 Å². The zero-order valence-corrected chi connectivity index (χ0v) is 13.0. The average Bonchev–Trinajstić information content (AvgIpc) is 2.48. The maximum atomic E-state index is 12.4. The molecule has 1 aliphatic heterocycles. The Morgan fingerprint density at radius 3 is 2.81 bits per heavy atom. The minimum absolute atomic E-state index is 0.0470. The van der Waals surface area contributed by atoms with Crippen molar-refractivity contribution in [3.05, 3.63) is 42.0 Å². The van der Waals surface area contributed by atoms with Crippen LogP contribution in [0.25, 0.3) is 6.08 Å². The van der Waals surface area contributed by atoms with Gasteiger partial charge in [-0.1, -0.05) is 42.5 Å². The Labute approximate surface area is 127 Å². The van der Waals surface area contributed by atoms with Crippen molar-refractivity contribution in [1.29, 1.82) is 0 Å². The van der Waals surface area contributed by atoms with E-state index in [9.17, 15) is 4.79 Å². The van der Waals surface area contributed by atoms with E-state index in [1.54, 1.807) is 0 Å². The van der Waals surface area contributed by atoms with Gasteiger partial charge in [0.15, 0.2) is 0 Å². The molecule has 1 aromatic carbocycles. The minimum Gasteiger partial charge on any atom is -0.466 e. The van der Waals surface area contributed by atoms with E-state index in [0.29, 0.717) is 6.61 Å². The largest absolute Gasteiger partial charge is 0.466 e. The van der Waals surface area contributed by atoms with Crippen molar-refractivity contribution < 1.29 is 9.53 Å². The standard InChI is InChI=1S/C18H25NO2/c1-3-21-17(20)18(13-8-14-19(2)15-18)12-7-11-16-9-5-4-6-10-16/h4-7,9-11H,3,8,12-15H2,1-2H3/b11-7+/t18-/m1/s1. The third-order valence-corrected chi connectivity index (χ3v) is 4.09. The Kier molecular flexibility index (Phi) is 5.57. The Bertz CT molecular complexity index is 483. The fraction of sp³-hybridized carbons (Fsp3) is 0.500. The molecule has 0 unspecified atom stereocenters. The van der Waals surface area contributed by atoms with Crippen molar-refractivity contribution in [1.82, 2.24) is 4.90 Å². The van der Waals surface area contributed by atoms with Crippen LogP contribution < -0.4 is 0 Å². The molecule has 0 aromatic heterocycles. The summed E-state index contributed by atoms with van der Waals surface area (Å²) in [7, 11) is 2.08. The number of hydrogen-bond donors (Lipinski definition) is 0. The molecule has 0 saturated carbocycles. The van der Waals surface area contributed by atoms with Crippen LogP contribution in [0.5, 0.6) is 0 Å². The molecular formula is C18H25NO2. The summed E-state index contributed by atoms with van der Waals surface area (Å²) in [6.45, 7) is 4.17. The van der Waals surface area contributed by atoms with Crippen LogP contribution in [0, 0.1) is 5.41 Å². The van der Waals surface area contributed by atoms with Gasteiger partial charge in [0.2, 0.25) is 0 Å². The lowest BCUT2D eigenvalue weighted by Gasteiger charge is -2.38. The number of allylic oxidation sites excluding steroid dienone is 1. The molecule has 3 nitrogen and oxygen atoms in total. The van der Waals surface area contributed by atoms with Crippen LogP contribution >= 0.6 is 0 Å². The predicted molar refractivity (Wildman–Crippen MR) is 85.9 cm³/mol. The first-order chi connectivity index (χ1) is 10.2. The predicted octanol–water partition coefficient (Wildman–Crippen LogP) is 3.37. The zero-order valence-electron chi connectivity index (χ0n) is 13.0. The lowest BCUT2D eigenvalue weighted by molar-refractivity contribution is -0.158. The van der Waals surface area contributed by atoms with Crippen LogP contribution in [0.3, 0.4) is 0 Å². The number of carbonyl (C=O) groups excluding carboxylic acids is 1. The van der Waals surface area contributed by atoms with Crippen molar-refractivity contribution in [2.24, 2.45) is 5.41 Å². The highest BCUT2D eigenvalue weighted by atomic mass is 16.5. The molecule has 0 aliphatic carbocycles. The highest BCUT2D eigenvalue weighted by Crippen LogP contribution is 2.35. The molecule has 0 N–H and O–H groups in total. The number of ether oxygens (including phenoxy) is 1. The number of rotatable bonds is 5. The first-order valence-electron chi connectivity index (χ1n) is 7.74. The quantitative estimate of drug-likeness (QED) is 0.778. The van der Waals surface area contributed by atoms with E-state index in [0.717, 1.165) is 32.4 Å². The summed E-state index contributed by atoms with van der Waals surface area (Å²) in [6, 6.07) is 10.2. The first-order valence-corrected chi connectivity index (χ1v) is 7.74. The third kappa shape index (κ3) is 4.18. The fourth-order valence-electron chi connectivity index (χ4n) is 3.05. The van der Waals surface area contributed by atoms with E-state index < -0.39 is 0 Å². The molecule has 0 radical (unpaired) electrons. The normalized spacial score (nSPS) is 23.3. The number of hydrogen-bond acceptors (Lipinski definition) is 3. The van der Waals surface area contributed by atoms with Crippen LogP contribution in [-0.2, 0) is 9.53 Å². The van der Waals surface area contributed by atoms with Crippen LogP contribution in [0.2, 0.25) is 0 Å². The molecule has 1 saturated heterocycles. The van der Waals surface area contributed by atoms with Crippen LogP contribution in [-0.4, -0.2) is 37.6 Å². The molecule has 1 aromatic rings. The molecule has 2 rings (SSSR count). The summed E-state index contributed by atoms with van der Waals surface area (Å²) in [5, 5.41) is 0. The van der Waals surface area contributed by atoms with Crippen molar-refractivity contribution >= 4 is 12.0 Å². The van der Waals surface area contributed by atoms with Gasteiger partial charge in [-0.15, -0.1) is 0 Å². The number of benzene rings is 1. The summed E-state index contributed by atoms with van der Waals surface area (Å²) < 4.78 is 5.34. The van der Waals surface area contributed by atoms with Gasteiger partial charge in [-0.3, -0.25) is 4.79 Å². The molecule has 1 heterocycles. The van der Waals surface area contributed by atoms with Gasteiger partial charge in [0.1, 0.15) is 0 Å². The summed E-state index contributed by atoms with van der Waals surface area (Å²) in [6.07, 6.45) is 6.91. The van der Waals surface area contributed by atoms with Crippen molar-refractivity contribution in [3.8, 4) is 0 Å². The summed E-state index contributed by atoms with van der Waals surface area (Å²) in [4.78, 5) is 14.7. The van der Waals surface area contributed by atoms with E-state index in [-0.39, 0.29) is 11.4 Å². The maximum Gasteiger partial charge on any atom is 0.313 e. The van der Waals surface area contributed by atoms with Crippen molar-refractivity contribution in [2.75, 3.05) is 26.7 Å². The molecule has 0 bridgehead atoms. The Hall–Kier alpha value is -1.61. The Balaban J connectivity index is 2.09. The second kappa shape index (κ2) is 7.41. The molecule has 0 amide bonds. The molecule has 3 heteroatoms. The number of esters is 1. The van der Waals surface area contributed by atoms with Gasteiger partial charge in [0.25, 0.3) is 0 Å². The van der Waals surface area contributed by atoms with E-state index in [2.05, 4.69) is 36.2 Å². The molecule has 114 valence electrons. The topological polar surface area (TPSA) is 29.5 Å². The molecule has 1 aliphatic rings. The third-order valence-electron chi connectivity index (χ3n) is 4.09. The highest BCUT2D eigenvalue weighted by molar-refractivity contribution is 5.77. The van der Waals surface area contributed by atoms with E-state index >= 15 is 0 Å². The highest BCUT2D eigenvalue weighted by Gasteiger charge is 2.41. The molecule has 1 fully saturated rings. The van der Waals surface area contributed by atoms with E-state index in [1.807, 2.05) is 25.1 Å². The van der Waals surface area contributed by atoms with Gasteiger partial charge in [-0.2, -0.15) is 0 Å². The number of likely N-dealkylation sites (tertiary alicyclic amines) is 1. The van der Waals surface area contributed by atoms with E-state index in [1.165, 1.54) is 5.56 Å². The number of carbonyl (C=O) groups is 1. The Morgan fingerprint density at radius 2 is 2.14 bits per heavy atom. The van der Waals surface area contributed by atoms with E-state index in [4.69, 9.17) is 4.74 Å². The second-order valence-corrected chi connectivity index (χ2v) is 5.86. The van der Waals surface area contributed by atoms with Crippen LogP contribution in [0.4, 0.5) is 0 Å². The zero-order chi connectivity index (χ0) is 15.1. The summed E-state index contributed by atoms with van der Waals surface area (Å²) in [5.41, 5.74) is 0.787. The van der Waals surface area contributed by atoms with Gasteiger partial charge in [-0.05, 0) is 45.3 Å². The average molecular weight is 287 g/mol. The SMILES string of the molecule is CCOC(=O)[C@]1(C/C=C/c2ccccc2)CCCN(C)C1. The number of nitrogens with zero attached hydrogens (tertiary/aromatic N) is 1. The molecule has 21 heavy (non-hydrogen) atoms. The van der Waals surface area contributed by atoms with Crippen molar-refractivity contribution in [2.45, 2.75) is 26.2 Å². The first kappa shape index (κ1) is 15.8. The van der Waals surface area contributed by atoms with Crippen molar-refractivity contribution in [3.63, 3.8) is 0 Å². The van der Waals surface area contributed by atoms with Gasteiger partial charge in [-0.25, -0.2) is 0 Å². The van der Waals surface area contributed by atoms with Gasteiger partial charge < -0.3 is 9.64 Å². The lowest BCUT2D eigenvalue weighted by Crippen LogP contribution is -2.46. The van der Waals surface area contributed by atoms with Gasteiger partial charge in [0.05, 0.1) is 12.0 Å². The maximum absolute atomic E-state index is 12.4. The molecule has 0 spiro atoms. The second-order valence-electron chi connectivity index (χ2n) is 5.86. The summed E-state index contributed by atoms with van der Waals surface area (Å²) in [5.74, 6) is -0.0470. The smallest absolute Gasteiger partial charge is 0.313 e.